The average molecular weight is 354 g/mol. The Labute approximate surface area is 151 Å². The highest BCUT2D eigenvalue weighted by atomic mass is 32.1. The van der Waals surface area contributed by atoms with Crippen molar-refractivity contribution in [2.75, 3.05) is 13.7 Å². The fraction of sp³-hybridized carbons (Fsp3) is 0.250. The molecule has 0 atom stereocenters. The minimum Gasteiger partial charge on any atom is -0.496 e. The normalized spacial score (nSPS) is 11.3. The number of thiophene rings is 1. The number of ether oxygens (including phenoxy) is 1. The zero-order valence-corrected chi connectivity index (χ0v) is 15.3. The second kappa shape index (κ2) is 8.03. The van der Waals surface area contributed by atoms with Gasteiger partial charge in [-0.15, -0.1) is 11.3 Å². The first-order chi connectivity index (χ1) is 12.2. The second-order valence-corrected chi connectivity index (χ2v) is 6.64. The summed E-state index contributed by atoms with van der Waals surface area (Å²) in [5, 5.41) is 5.09. The van der Waals surface area contributed by atoms with E-state index in [1.807, 2.05) is 43.3 Å². The third kappa shape index (κ3) is 3.77. The number of para-hydroxylation sites is 1. The van der Waals surface area contributed by atoms with E-state index in [0.717, 1.165) is 28.0 Å². The Morgan fingerprint density at radius 2 is 2.16 bits per heavy atom. The standard InChI is InChI=1S/C20H22N2O2S/c1-3-4-12-22-16-10-13-25-19(16)14-17(22)20(23)21-11-9-15-7-5-6-8-18(15)24-2/h3-8,10,13-14H,9,11-12H2,1-2H3,(H,21,23)/b4-3+. The fourth-order valence-electron chi connectivity index (χ4n) is 2.88. The maximum Gasteiger partial charge on any atom is 0.267 e. The van der Waals surface area contributed by atoms with Crippen molar-refractivity contribution in [3.63, 3.8) is 0 Å². The van der Waals surface area contributed by atoms with E-state index in [1.54, 1.807) is 18.4 Å². The van der Waals surface area contributed by atoms with Gasteiger partial charge in [-0.2, -0.15) is 0 Å². The molecule has 0 bridgehead atoms. The molecule has 0 saturated heterocycles. The van der Waals surface area contributed by atoms with Crippen molar-refractivity contribution < 1.29 is 9.53 Å². The van der Waals surface area contributed by atoms with Crippen LogP contribution in [0.4, 0.5) is 0 Å². The summed E-state index contributed by atoms with van der Waals surface area (Å²) < 4.78 is 8.56. The van der Waals surface area contributed by atoms with Crippen molar-refractivity contribution in [3.8, 4) is 5.75 Å². The van der Waals surface area contributed by atoms with Gasteiger partial charge in [-0.1, -0.05) is 30.4 Å². The first kappa shape index (κ1) is 17.3. The van der Waals surface area contributed by atoms with Crippen molar-refractivity contribution in [2.24, 2.45) is 0 Å². The van der Waals surface area contributed by atoms with E-state index in [-0.39, 0.29) is 5.91 Å². The Morgan fingerprint density at radius 3 is 2.96 bits per heavy atom. The molecule has 0 radical (unpaired) electrons. The predicted octanol–water partition coefficient (Wildman–Crippen LogP) is 4.26. The number of methoxy groups -OCH3 is 1. The topological polar surface area (TPSA) is 43.3 Å². The number of benzene rings is 1. The number of carbonyl (C=O) groups is 1. The van der Waals surface area contributed by atoms with Gasteiger partial charge in [0.2, 0.25) is 0 Å². The van der Waals surface area contributed by atoms with Crippen LogP contribution in [0, 0.1) is 0 Å². The van der Waals surface area contributed by atoms with Crippen molar-refractivity contribution in [1.82, 2.24) is 9.88 Å². The molecule has 2 aromatic heterocycles. The number of carbonyl (C=O) groups excluding carboxylic acids is 1. The first-order valence-corrected chi connectivity index (χ1v) is 9.20. The molecule has 0 aliphatic rings. The summed E-state index contributed by atoms with van der Waals surface area (Å²) in [5.74, 6) is 0.816. The van der Waals surface area contributed by atoms with Crippen LogP contribution in [-0.2, 0) is 13.0 Å². The molecule has 2 heterocycles. The van der Waals surface area contributed by atoms with Gasteiger partial charge in [0.15, 0.2) is 0 Å². The summed E-state index contributed by atoms with van der Waals surface area (Å²) in [6.45, 7) is 3.26. The van der Waals surface area contributed by atoms with Crippen LogP contribution in [0.5, 0.6) is 5.75 Å². The van der Waals surface area contributed by atoms with E-state index in [0.29, 0.717) is 18.8 Å². The van der Waals surface area contributed by atoms with E-state index in [2.05, 4.69) is 27.4 Å². The molecular formula is C20H22N2O2S. The highest BCUT2D eigenvalue weighted by molar-refractivity contribution is 7.17. The molecule has 1 amide bonds. The molecule has 0 aliphatic heterocycles. The lowest BCUT2D eigenvalue weighted by molar-refractivity contribution is 0.0945. The SMILES string of the molecule is C/C=C/Cn1c(C(=O)NCCc2ccccc2OC)cc2sccc21. The van der Waals surface area contributed by atoms with Crippen LogP contribution in [0.2, 0.25) is 0 Å². The van der Waals surface area contributed by atoms with Crippen LogP contribution >= 0.6 is 11.3 Å². The van der Waals surface area contributed by atoms with Crippen LogP contribution in [0.3, 0.4) is 0 Å². The van der Waals surface area contributed by atoms with E-state index in [1.165, 1.54) is 0 Å². The van der Waals surface area contributed by atoms with Crippen molar-refractivity contribution in [3.05, 3.63) is 65.2 Å². The summed E-state index contributed by atoms with van der Waals surface area (Å²) in [6.07, 6.45) is 4.80. The van der Waals surface area contributed by atoms with E-state index < -0.39 is 0 Å². The van der Waals surface area contributed by atoms with Gasteiger partial charge in [-0.25, -0.2) is 0 Å². The van der Waals surface area contributed by atoms with Crippen LogP contribution in [0.15, 0.2) is 53.9 Å². The van der Waals surface area contributed by atoms with Crippen LogP contribution in [0.1, 0.15) is 23.0 Å². The van der Waals surface area contributed by atoms with Gasteiger partial charge in [-0.05, 0) is 42.5 Å². The highest BCUT2D eigenvalue weighted by Gasteiger charge is 2.15. The summed E-state index contributed by atoms with van der Waals surface area (Å²) in [5.41, 5.74) is 2.91. The average Bonchev–Trinajstić information content (AvgIpc) is 3.21. The molecule has 0 spiro atoms. The van der Waals surface area contributed by atoms with Gasteiger partial charge in [-0.3, -0.25) is 4.79 Å². The quantitative estimate of drug-likeness (QED) is 0.644. The lowest BCUT2D eigenvalue weighted by Gasteiger charge is -2.10. The minimum absolute atomic E-state index is 0.0391. The van der Waals surface area contributed by atoms with E-state index in [4.69, 9.17) is 4.74 Å². The number of nitrogens with zero attached hydrogens (tertiary/aromatic N) is 1. The molecule has 0 aliphatic carbocycles. The Bertz CT molecular complexity index is 892. The van der Waals surface area contributed by atoms with Gasteiger partial charge in [0.05, 0.1) is 17.3 Å². The van der Waals surface area contributed by atoms with Gasteiger partial charge in [0, 0.05) is 13.1 Å². The number of nitrogens with one attached hydrogen (secondary N) is 1. The third-order valence-electron chi connectivity index (χ3n) is 4.15. The fourth-order valence-corrected chi connectivity index (χ4v) is 3.71. The summed E-state index contributed by atoms with van der Waals surface area (Å²) in [7, 11) is 1.66. The minimum atomic E-state index is -0.0391. The second-order valence-electron chi connectivity index (χ2n) is 5.70. The summed E-state index contributed by atoms with van der Waals surface area (Å²) >= 11 is 1.66. The molecule has 3 aromatic rings. The Hall–Kier alpha value is -2.53. The predicted molar refractivity (Wildman–Crippen MR) is 104 cm³/mol. The molecule has 25 heavy (non-hydrogen) atoms. The van der Waals surface area contributed by atoms with Gasteiger partial charge >= 0.3 is 0 Å². The first-order valence-electron chi connectivity index (χ1n) is 8.32. The number of hydrogen-bond donors (Lipinski definition) is 1. The summed E-state index contributed by atoms with van der Waals surface area (Å²) in [6, 6.07) is 11.9. The highest BCUT2D eigenvalue weighted by Crippen LogP contribution is 2.25. The lowest BCUT2D eigenvalue weighted by Crippen LogP contribution is -2.28. The largest absolute Gasteiger partial charge is 0.496 e. The number of aromatic nitrogens is 1. The van der Waals surface area contributed by atoms with Gasteiger partial charge in [0.1, 0.15) is 11.4 Å². The molecule has 0 unspecified atom stereocenters. The molecule has 1 aromatic carbocycles. The molecule has 0 fully saturated rings. The maximum atomic E-state index is 12.7. The zero-order valence-electron chi connectivity index (χ0n) is 14.5. The molecule has 4 nitrogen and oxygen atoms in total. The van der Waals surface area contributed by atoms with E-state index in [9.17, 15) is 4.79 Å². The van der Waals surface area contributed by atoms with Gasteiger partial charge in [0.25, 0.3) is 5.91 Å². The monoisotopic (exact) mass is 354 g/mol. The van der Waals surface area contributed by atoms with Crippen molar-refractivity contribution in [2.45, 2.75) is 19.9 Å². The third-order valence-corrected chi connectivity index (χ3v) is 5.00. The lowest BCUT2D eigenvalue weighted by atomic mass is 10.1. The van der Waals surface area contributed by atoms with Crippen LogP contribution in [-0.4, -0.2) is 24.1 Å². The Kier molecular flexibility index (Phi) is 5.56. The van der Waals surface area contributed by atoms with Crippen LogP contribution in [0.25, 0.3) is 10.2 Å². The number of rotatable bonds is 7. The Balaban J connectivity index is 1.71. The maximum absolute atomic E-state index is 12.7. The molecule has 1 N–H and O–H groups in total. The van der Waals surface area contributed by atoms with E-state index >= 15 is 0 Å². The number of fused-ring (bicyclic) bond motifs is 1. The number of hydrogen-bond acceptors (Lipinski definition) is 3. The molecular weight excluding hydrogens is 332 g/mol. The van der Waals surface area contributed by atoms with Crippen molar-refractivity contribution >= 4 is 27.5 Å². The van der Waals surface area contributed by atoms with Crippen molar-refractivity contribution in [1.29, 1.82) is 0 Å². The van der Waals surface area contributed by atoms with Crippen LogP contribution < -0.4 is 10.1 Å². The smallest absolute Gasteiger partial charge is 0.267 e. The summed E-state index contributed by atoms with van der Waals surface area (Å²) in [4.78, 5) is 12.7. The number of amides is 1. The molecule has 3 rings (SSSR count). The van der Waals surface area contributed by atoms with Gasteiger partial charge < -0.3 is 14.6 Å². The molecule has 130 valence electrons. The number of allylic oxidation sites excluding steroid dienone is 2. The molecule has 5 heteroatoms. The molecule has 0 saturated carbocycles. The zero-order chi connectivity index (χ0) is 17.6. The Morgan fingerprint density at radius 1 is 1.32 bits per heavy atom.